The van der Waals surface area contributed by atoms with Crippen LogP contribution >= 0.6 is 11.3 Å². The summed E-state index contributed by atoms with van der Waals surface area (Å²) in [5, 5.41) is 3.16. The minimum absolute atomic E-state index is 0.122. The molecule has 130 valence electrons. The highest BCUT2D eigenvalue weighted by atomic mass is 32.1. The molecule has 0 radical (unpaired) electrons. The number of nitrogens with one attached hydrogen (secondary N) is 1. The molecule has 0 aliphatic carbocycles. The van der Waals surface area contributed by atoms with E-state index >= 15 is 0 Å². The zero-order chi connectivity index (χ0) is 18.1. The van der Waals surface area contributed by atoms with Crippen LogP contribution in [0.1, 0.15) is 42.9 Å². The smallest absolute Gasteiger partial charge is 0.348 e. The van der Waals surface area contributed by atoms with Crippen molar-refractivity contribution in [3.8, 4) is 0 Å². The molecule has 2 aromatic rings. The molecule has 0 atom stereocenters. The predicted molar refractivity (Wildman–Crippen MR) is 92.5 cm³/mol. The lowest BCUT2D eigenvalue weighted by Gasteiger charge is -2.20. The zero-order valence-electron chi connectivity index (χ0n) is 14.4. The molecule has 0 saturated heterocycles. The molecule has 0 saturated carbocycles. The van der Waals surface area contributed by atoms with Crippen molar-refractivity contribution in [2.75, 3.05) is 6.61 Å². The van der Waals surface area contributed by atoms with Crippen molar-refractivity contribution < 1.29 is 14.3 Å². The Balaban J connectivity index is 2.40. The molecule has 1 amide bonds. The summed E-state index contributed by atoms with van der Waals surface area (Å²) < 4.78 is 6.25. The van der Waals surface area contributed by atoms with E-state index in [0.29, 0.717) is 20.7 Å². The van der Waals surface area contributed by atoms with Gasteiger partial charge in [0.1, 0.15) is 16.3 Å². The van der Waals surface area contributed by atoms with E-state index in [0.717, 1.165) is 11.3 Å². The first kappa shape index (κ1) is 18.1. The average Bonchev–Trinajstić information content (AvgIpc) is 2.78. The van der Waals surface area contributed by atoms with Crippen molar-refractivity contribution in [1.82, 2.24) is 14.9 Å². The highest BCUT2D eigenvalue weighted by Crippen LogP contribution is 2.27. The Morgan fingerprint density at radius 3 is 2.62 bits per heavy atom. The maximum Gasteiger partial charge on any atom is 0.348 e. The fraction of sp³-hybridized carbons (Fsp3) is 0.500. The number of aromatic nitrogens is 2. The number of carbonyl (C=O) groups is 2. The molecule has 0 fully saturated rings. The van der Waals surface area contributed by atoms with Crippen molar-refractivity contribution in [3.05, 3.63) is 27.1 Å². The standard InChI is InChI=1S/C16H21N3O4S/c1-6-23-15(22)12-9(2)11-13(24-12)17-8-19(14(11)21)7-10(20)18-16(3,4)5/h8H,6-7H2,1-5H3,(H,18,20). The van der Waals surface area contributed by atoms with Crippen LogP contribution in [-0.2, 0) is 16.1 Å². The Hall–Kier alpha value is -2.22. The van der Waals surface area contributed by atoms with Crippen LogP contribution < -0.4 is 10.9 Å². The van der Waals surface area contributed by atoms with Gasteiger partial charge in [-0.3, -0.25) is 14.2 Å². The molecule has 0 bridgehead atoms. The second-order valence-corrected chi connectivity index (χ2v) is 7.43. The Kier molecular flexibility index (Phi) is 5.08. The van der Waals surface area contributed by atoms with E-state index in [1.807, 2.05) is 20.8 Å². The lowest BCUT2D eigenvalue weighted by molar-refractivity contribution is -0.123. The number of fused-ring (bicyclic) bond motifs is 1. The van der Waals surface area contributed by atoms with Crippen LogP contribution in [0.3, 0.4) is 0 Å². The van der Waals surface area contributed by atoms with E-state index in [1.165, 1.54) is 10.9 Å². The molecule has 2 rings (SSSR count). The molecule has 0 aliphatic heterocycles. The highest BCUT2D eigenvalue weighted by Gasteiger charge is 2.21. The zero-order valence-corrected chi connectivity index (χ0v) is 15.2. The molecule has 0 spiro atoms. The van der Waals surface area contributed by atoms with Gasteiger partial charge in [-0.25, -0.2) is 9.78 Å². The third-order valence-electron chi connectivity index (χ3n) is 3.21. The lowest BCUT2D eigenvalue weighted by atomic mass is 10.1. The summed E-state index contributed by atoms with van der Waals surface area (Å²) in [6, 6.07) is 0. The van der Waals surface area contributed by atoms with Gasteiger partial charge in [0.25, 0.3) is 5.56 Å². The Labute approximate surface area is 143 Å². The number of hydrogen-bond donors (Lipinski definition) is 1. The average molecular weight is 351 g/mol. The summed E-state index contributed by atoms with van der Waals surface area (Å²) in [5.74, 6) is -0.737. The van der Waals surface area contributed by atoms with E-state index in [-0.39, 0.29) is 30.2 Å². The van der Waals surface area contributed by atoms with E-state index in [9.17, 15) is 14.4 Å². The maximum absolute atomic E-state index is 12.6. The number of thiophene rings is 1. The first-order chi connectivity index (χ1) is 11.1. The predicted octanol–water partition coefficient (Wildman–Crippen LogP) is 1.86. The molecule has 7 nitrogen and oxygen atoms in total. The fourth-order valence-corrected chi connectivity index (χ4v) is 3.31. The number of nitrogens with zero attached hydrogens (tertiary/aromatic N) is 2. The van der Waals surface area contributed by atoms with Crippen molar-refractivity contribution in [1.29, 1.82) is 0 Å². The van der Waals surface area contributed by atoms with Crippen LogP contribution in [-0.4, -0.2) is 33.6 Å². The van der Waals surface area contributed by atoms with Crippen molar-refractivity contribution in [2.45, 2.75) is 46.7 Å². The van der Waals surface area contributed by atoms with Gasteiger partial charge in [-0.05, 0) is 40.2 Å². The normalized spacial score (nSPS) is 11.5. The molecule has 0 aromatic carbocycles. The van der Waals surface area contributed by atoms with Gasteiger partial charge in [-0.2, -0.15) is 0 Å². The molecule has 0 unspecified atom stereocenters. The Morgan fingerprint density at radius 2 is 2.04 bits per heavy atom. The Bertz CT molecular complexity index is 845. The lowest BCUT2D eigenvalue weighted by Crippen LogP contribution is -2.43. The van der Waals surface area contributed by atoms with E-state index in [2.05, 4.69) is 10.3 Å². The third kappa shape index (κ3) is 3.81. The van der Waals surface area contributed by atoms with Gasteiger partial charge >= 0.3 is 5.97 Å². The second-order valence-electron chi connectivity index (χ2n) is 6.43. The van der Waals surface area contributed by atoms with Gasteiger partial charge < -0.3 is 10.1 Å². The number of carbonyl (C=O) groups excluding carboxylic acids is 2. The summed E-state index contributed by atoms with van der Waals surface area (Å²) >= 11 is 1.12. The number of amides is 1. The van der Waals surface area contributed by atoms with Gasteiger partial charge in [0.2, 0.25) is 5.91 Å². The van der Waals surface area contributed by atoms with Crippen molar-refractivity contribution in [3.63, 3.8) is 0 Å². The van der Waals surface area contributed by atoms with Gasteiger partial charge in [0, 0.05) is 5.54 Å². The maximum atomic E-state index is 12.6. The summed E-state index contributed by atoms with van der Waals surface area (Å²) in [4.78, 5) is 41.7. The third-order valence-corrected chi connectivity index (χ3v) is 4.39. The highest BCUT2D eigenvalue weighted by molar-refractivity contribution is 7.20. The molecular formula is C16H21N3O4S. The van der Waals surface area contributed by atoms with Crippen LogP contribution in [0, 0.1) is 6.92 Å². The quantitative estimate of drug-likeness (QED) is 0.849. The van der Waals surface area contributed by atoms with Gasteiger partial charge in [-0.15, -0.1) is 11.3 Å². The first-order valence-corrected chi connectivity index (χ1v) is 8.42. The number of esters is 1. The summed E-state index contributed by atoms with van der Waals surface area (Å²) in [5.41, 5.74) is -0.182. The van der Waals surface area contributed by atoms with Crippen LogP contribution in [0.15, 0.2) is 11.1 Å². The van der Waals surface area contributed by atoms with E-state index in [4.69, 9.17) is 4.74 Å². The molecule has 2 aromatic heterocycles. The van der Waals surface area contributed by atoms with Crippen LogP contribution in [0.4, 0.5) is 0 Å². The molecule has 8 heteroatoms. The topological polar surface area (TPSA) is 90.3 Å². The van der Waals surface area contributed by atoms with Crippen LogP contribution in [0.2, 0.25) is 0 Å². The number of aryl methyl sites for hydroxylation is 1. The second kappa shape index (κ2) is 6.72. The Morgan fingerprint density at radius 1 is 1.38 bits per heavy atom. The summed E-state index contributed by atoms with van der Waals surface area (Å²) in [6.07, 6.45) is 1.33. The minimum Gasteiger partial charge on any atom is -0.462 e. The first-order valence-electron chi connectivity index (χ1n) is 7.60. The fourth-order valence-electron chi connectivity index (χ4n) is 2.28. The summed E-state index contributed by atoms with van der Waals surface area (Å²) in [7, 11) is 0. The number of hydrogen-bond acceptors (Lipinski definition) is 6. The SMILES string of the molecule is CCOC(=O)c1sc2ncn(CC(=O)NC(C)(C)C)c(=O)c2c1C. The van der Waals surface area contributed by atoms with Crippen molar-refractivity contribution >= 4 is 33.4 Å². The van der Waals surface area contributed by atoms with Crippen molar-refractivity contribution in [2.24, 2.45) is 0 Å². The molecule has 24 heavy (non-hydrogen) atoms. The van der Waals surface area contributed by atoms with Crippen LogP contribution in [0.5, 0.6) is 0 Å². The number of rotatable bonds is 4. The molecule has 2 heterocycles. The van der Waals surface area contributed by atoms with Gasteiger partial charge in [-0.1, -0.05) is 0 Å². The molecular weight excluding hydrogens is 330 g/mol. The van der Waals surface area contributed by atoms with Gasteiger partial charge in [0.05, 0.1) is 18.3 Å². The van der Waals surface area contributed by atoms with Gasteiger partial charge in [0.15, 0.2) is 0 Å². The molecule has 1 N–H and O–H groups in total. The number of ether oxygens (including phenoxy) is 1. The molecule has 0 aliphatic rings. The minimum atomic E-state index is -0.463. The van der Waals surface area contributed by atoms with E-state index in [1.54, 1.807) is 13.8 Å². The summed E-state index contributed by atoms with van der Waals surface area (Å²) in [6.45, 7) is 9.14. The van der Waals surface area contributed by atoms with Crippen LogP contribution in [0.25, 0.3) is 10.2 Å². The van der Waals surface area contributed by atoms with E-state index < -0.39 is 5.97 Å². The monoisotopic (exact) mass is 351 g/mol. The largest absolute Gasteiger partial charge is 0.462 e.